The fraction of sp³-hybridized carbons (Fsp3) is 0.500. The van der Waals surface area contributed by atoms with Gasteiger partial charge >= 0.3 is 0 Å². The zero-order valence-corrected chi connectivity index (χ0v) is 16.9. The van der Waals surface area contributed by atoms with Crippen molar-refractivity contribution in [2.75, 3.05) is 5.88 Å². The maximum absolute atomic E-state index is 13.0. The molecule has 8 heteroatoms. The molecular weight excluding hydrogens is 376 g/mol. The highest BCUT2D eigenvalue weighted by Crippen LogP contribution is 2.38. The van der Waals surface area contributed by atoms with Gasteiger partial charge in [-0.15, -0.1) is 0 Å². The van der Waals surface area contributed by atoms with Gasteiger partial charge in [0.2, 0.25) is 0 Å². The van der Waals surface area contributed by atoms with Crippen LogP contribution in [0.3, 0.4) is 0 Å². The van der Waals surface area contributed by atoms with E-state index in [1.54, 1.807) is 26.0 Å². The smallest absolute Gasteiger partial charge is 0.195 e. The first-order chi connectivity index (χ1) is 13.4. The Morgan fingerprint density at radius 1 is 1.21 bits per heavy atom. The quantitative estimate of drug-likeness (QED) is 0.828. The summed E-state index contributed by atoms with van der Waals surface area (Å²) < 4.78 is 32.1. The predicted molar refractivity (Wildman–Crippen MR) is 104 cm³/mol. The van der Waals surface area contributed by atoms with Gasteiger partial charge in [0.15, 0.2) is 9.84 Å². The van der Waals surface area contributed by atoms with E-state index in [-0.39, 0.29) is 24.1 Å². The van der Waals surface area contributed by atoms with Crippen molar-refractivity contribution >= 4 is 9.84 Å². The van der Waals surface area contributed by atoms with Gasteiger partial charge in [0.25, 0.3) is 0 Å². The van der Waals surface area contributed by atoms with Crippen LogP contribution < -0.4 is 4.74 Å². The van der Waals surface area contributed by atoms with E-state index in [0.717, 1.165) is 31.4 Å². The van der Waals surface area contributed by atoms with E-state index >= 15 is 0 Å². The van der Waals surface area contributed by atoms with E-state index in [0.29, 0.717) is 21.8 Å². The number of hydrogen-bond acceptors (Lipinski definition) is 6. The molecule has 2 fully saturated rings. The summed E-state index contributed by atoms with van der Waals surface area (Å²) in [5.41, 5.74) is 1.74. The Kier molecular flexibility index (Phi) is 4.89. The molecule has 2 saturated heterocycles. The monoisotopic (exact) mass is 400 g/mol. The average molecular weight is 401 g/mol. The molecule has 0 amide bonds. The lowest BCUT2D eigenvalue weighted by Gasteiger charge is -2.38. The molecule has 1 unspecified atom stereocenters. The minimum absolute atomic E-state index is 0.0349. The molecule has 2 aliphatic rings. The highest BCUT2D eigenvalue weighted by molar-refractivity contribution is 7.91. The van der Waals surface area contributed by atoms with Crippen molar-refractivity contribution in [3.05, 3.63) is 41.2 Å². The van der Waals surface area contributed by atoms with E-state index in [1.165, 1.54) is 0 Å². The van der Waals surface area contributed by atoms with E-state index in [1.807, 2.05) is 12.1 Å². The molecule has 148 valence electrons. The van der Waals surface area contributed by atoms with Gasteiger partial charge in [-0.1, -0.05) is 0 Å². The molecule has 0 radical (unpaired) electrons. The number of sulfone groups is 1. The summed E-state index contributed by atoms with van der Waals surface area (Å²) in [6.45, 7) is 3.47. The molecule has 2 aromatic rings. The number of hydrogen-bond donors (Lipinski definition) is 1. The molecular formula is C20H24N4O3S. The SMILES string of the molecule is Cc1n[nH]c(C)c1S(=O)(=O)CN1[C@@H]2CC[C@H]1CC(Oc1ccc(C#N)cc1)C2. The Morgan fingerprint density at radius 3 is 2.39 bits per heavy atom. The van der Waals surface area contributed by atoms with Crippen molar-refractivity contribution in [1.82, 2.24) is 15.1 Å². The van der Waals surface area contributed by atoms with Gasteiger partial charge in [0.05, 0.1) is 23.0 Å². The van der Waals surface area contributed by atoms with Crippen molar-refractivity contribution in [2.24, 2.45) is 0 Å². The number of fused-ring (bicyclic) bond motifs is 2. The van der Waals surface area contributed by atoms with Crippen LogP contribution in [0.5, 0.6) is 5.75 Å². The summed E-state index contributed by atoms with van der Waals surface area (Å²) in [5, 5.41) is 15.7. The fourth-order valence-electron chi connectivity index (χ4n) is 4.59. The fourth-order valence-corrected chi connectivity index (χ4v) is 6.54. The lowest BCUT2D eigenvalue weighted by Crippen LogP contribution is -2.48. The second-order valence-corrected chi connectivity index (χ2v) is 9.65. The van der Waals surface area contributed by atoms with Crippen LogP contribution in [0.1, 0.15) is 42.6 Å². The molecule has 1 aromatic carbocycles. The second kappa shape index (κ2) is 7.22. The number of benzene rings is 1. The number of rotatable bonds is 5. The number of nitrogens with zero attached hydrogens (tertiary/aromatic N) is 3. The molecule has 1 N–H and O–H groups in total. The third-order valence-corrected chi connectivity index (χ3v) is 7.68. The Labute approximate surface area is 165 Å². The largest absolute Gasteiger partial charge is 0.490 e. The highest BCUT2D eigenvalue weighted by Gasteiger charge is 2.43. The van der Waals surface area contributed by atoms with E-state index in [9.17, 15) is 8.42 Å². The summed E-state index contributed by atoms with van der Waals surface area (Å²) in [7, 11) is -3.43. The number of H-pyrrole nitrogens is 1. The minimum atomic E-state index is -3.43. The standard InChI is InChI=1S/C20H24N4O3S/c1-13-20(14(2)23-22-13)28(25,26)12-24-16-5-6-17(24)10-19(9-16)27-18-7-3-15(11-21)4-8-18/h3-4,7-8,16-17,19H,5-6,9-10,12H2,1-2H3,(H,22,23)/t16-,17+,19?. The average Bonchev–Trinajstić information content (AvgIpc) is 3.10. The number of nitriles is 1. The third kappa shape index (κ3) is 3.52. The van der Waals surface area contributed by atoms with Gasteiger partial charge in [-0.2, -0.15) is 10.4 Å². The lowest BCUT2D eigenvalue weighted by atomic mass is 10.0. The van der Waals surface area contributed by atoms with E-state index in [4.69, 9.17) is 10.00 Å². The molecule has 4 rings (SSSR count). The maximum Gasteiger partial charge on any atom is 0.195 e. The van der Waals surface area contributed by atoms with Crippen LogP contribution in [0.2, 0.25) is 0 Å². The van der Waals surface area contributed by atoms with Crippen LogP contribution in [-0.2, 0) is 9.84 Å². The molecule has 2 bridgehead atoms. The molecule has 0 saturated carbocycles. The molecule has 7 nitrogen and oxygen atoms in total. The Balaban J connectivity index is 1.45. The first-order valence-corrected chi connectivity index (χ1v) is 11.2. The zero-order chi connectivity index (χ0) is 19.9. The summed E-state index contributed by atoms with van der Waals surface area (Å²) >= 11 is 0. The molecule has 0 spiro atoms. The molecule has 2 aliphatic heterocycles. The minimum Gasteiger partial charge on any atom is -0.490 e. The van der Waals surface area contributed by atoms with Crippen LogP contribution in [0.25, 0.3) is 0 Å². The summed E-state index contributed by atoms with van der Waals surface area (Å²) in [6.07, 6.45) is 3.69. The molecule has 0 aliphatic carbocycles. The van der Waals surface area contributed by atoms with Gasteiger partial charge in [0.1, 0.15) is 22.6 Å². The zero-order valence-electron chi connectivity index (χ0n) is 16.1. The van der Waals surface area contributed by atoms with E-state index in [2.05, 4.69) is 21.2 Å². The predicted octanol–water partition coefficient (Wildman–Crippen LogP) is 2.70. The number of aromatic nitrogens is 2. The topological polar surface area (TPSA) is 99.1 Å². The molecule has 28 heavy (non-hydrogen) atoms. The van der Waals surface area contributed by atoms with Gasteiger partial charge < -0.3 is 4.74 Å². The number of nitrogens with one attached hydrogen (secondary N) is 1. The number of piperidine rings is 1. The van der Waals surface area contributed by atoms with Crippen LogP contribution in [0.15, 0.2) is 29.2 Å². The second-order valence-electron chi connectivity index (χ2n) is 7.75. The highest BCUT2D eigenvalue weighted by atomic mass is 32.2. The summed E-state index contributed by atoms with van der Waals surface area (Å²) in [4.78, 5) is 2.47. The van der Waals surface area contributed by atoms with Crippen molar-refractivity contribution < 1.29 is 13.2 Å². The molecule has 3 atom stereocenters. The summed E-state index contributed by atoms with van der Waals surface area (Å²) in [6, 6.07) is 9.67. The number of ether oxygens (including phenoxy) is 1. The lowest BCUT2D eigenvalue weighted by molar-refractivity contribution is 0.0609. The first-order valence-electron chi connectivity index (χ1n) is 9.54. The van der Waals surface area contributed by atoms with Gasteiger partial charge in [-0.25, -0.2) is 8.42 Å². The van der Waals surface area contributed by atoms with Crippen LogP contribution in [0.4, 0.5) is 0 Å². The summed E-state index contributed by atoms with van der Waals surface area (Å²) in [5.74, 6) is 0.793. The van der Waals surface area contributed by atoms with Crippen molar-refractivity contribution in [1.29, 1.82) is 5.26 Å². The van der Waals surface area contributed by atoms with Crippen molar-refractivity contribution in [3.8, 4) is 11.8 Å². The third-order valence-electron chi connectivity index (χ3n) is 5.82. The normalized spacial score (nSPS) is 24.8. The van der Waals surface area contributed by atoms with Gasteiger partial charge in [0, 0.05) is 12.1 Å². The number of aryl methyl sites for hydroxylation is 2. The van der Waals surface area contributed by atoms with Crippen LogP contribution >= 0.6 is 0 Å². The number of aromatic amines is 1. The van der Waals surface area contributed by atoms with Crippen LogP contribution in [-0.4, -0.2) is 47.6 Å². The van der Waals surface area contributed by atoms with Crippen molar-refractivity contribution in [3.63, 3.8) is 0 Å². The van der Waals surface area contributed by atoms with Crippen LogP contribution in [0, 0.1) is 25.2 Å². The van der Waals surface area contributed by atoms with Crippen molar-refractivity contribution in [2.45, 2.75) is 62.6 Å². The maximum atomic E-state index is 13.0. The Bertz CT molecular complexity index is 974. The first kappa shape index (κ1) is 19.0. The molecule has 1 aromatic heterocycles. The van der Waals surface area contributed by atoms with E-state index < -0.39 is 9.84 Å². The van der Waals surface area contributed by atoms with Gasteiger partial charge in [-0.05, 0) is 63.8 Å². The van der Waals surface area contributed by atoms with Gasteiger partial charge in [-0.3, -0.25) is 10.00 Å². The molecule has 3 heterocycles. The Hall–Kier alpha value is -2.37. The Morgan fingerprint density at radius 2 is 1.86 bits per heavy atom.